The molecule has 1 aromatic rings. The van der Waals surface area contributed by atoms with E-state index in [1.807, 2.05) is 17.9 Å². The van der Waals surface area contributed by atoms with Crippen molar-refractivity contribution >= 4 is 27.3 Å². The lowest BCUT2D eigenvalue weighted by molar-refractivity contribution is 0.0763. The molecule has 146 valence electrons. The Labute approximate surface area is 156 Å². The van der Waals surface area contributed by atoms with Crippen LogP contribution in [0.5, 0.6) is 0 Å². The predicted octanol–water partition coefficient (Wildman–Crippen LogP) is 1.73. The van der Waals surface area contributed by atoms with Gasteiger partial charge in [-0.15, -0.1) is 0 Å². The van der Waals surface area contributed by atoms with Gasteiger partial charge in [0.15, 0.2) is 0 Å². The Morgan fingerprint density at radius 1 is 1.27 bits per heavy atom. The van der Waals surface area contributed by atoms with Gasteiger partial charge in [-0.05, 0) is 31.5 Å². The van der Waals surface area contributed by atoms with Crippen LogP contribution in [0.15, 0.2) is 18.2 Å². The molecule has 2 N–H and O–H groups in total. The first-order chi connectivity index (χ1) is 12.4. The van der Waals surface area contributed by atoms with Crippen LogP contribution in [0.25, 0.3) is 0 Å². The summed E-state index contributed by atoms with van der Waals surface area (Å²) in [4.78, 5) is 17.2. The van der Waals surface area contributed by atoms with Crippen molar-refractivity contribution in [1.82, 2.24) is 10.2 Å². The van der Waals surface area contributed by atoms with Crippen molar-refractivity contribution in [1.29, 1.82) is 0 Å². The fourth-order valence-electron chi connectivity index (χ4n) is 3.09. The van der Waals surface area contributed by atoms with E-state index in [-0.39, 0.29) is 5.91 Å². The summed E-state index contributed by atoms with van der Waals surface area (Å²) in [6, 6.07) is 5.23. The van der Waals surface area contributed by atoms with E-state index in [1.54, 1.807) is 12.1 Å². The number of nitrogens with one attached hydrogen (secondary N) is 2. The van der Waals surface area contributed by atoms with Gasteiger partial charge < -0.3 is 15.1 Å². The van der Waals surface area contributed by atoms with E-state index in [9.17, 15) is 13.2 Å². The van der Waals surface area contributed by atoms with Gasteiger partial charge in [0.2, 0.25) is 10.0 Å². The van der Waals surface area contributed by atoms with Gasteiger partial charge in [-0.25, -0.2) is 8.42 Å². The number of piperazine rings is 1. The Balaban J connectivity index is 2.39. The van der Waals surface area contributed by atoms with Gasteiger partial charge in [-0.1, -0.05) is 13.3 Å². The van der Waals surface area contributed by atoms with Crippen LogP contribution in [-0.2, 0) is 10.0 Å². The number of carbonyl (C=O) groups is 1. The molecule has 1 aliphatic heterocycles. The summed E-state index contributed by atoms with van der Waals surface area (Å²) in [7, 11) is -3.40. The molecule has 1 saturated heterocycles. The van der Waals surface area contributed by atoms with E-state index < -0.39 is 10.0 Å². The lowest BCUT2D eigenvalue weighted by Crippen LogP contribution is -2.44. The molecule has 1 aliphatic rings. The molecule has 0 atom stereocenters. The molecule has 1 heterocycles. The number of hydrogen-bond acceptors (Lipinski definition) is 5. The fraction of sp³-hybridized carbons (Fsp3) is 0.611. The number of hydrogen-bond donors (Lipinski definition) is 2. The minimum Gasteiger partial charge on any atom is -0.368 e. The van der Waals surface area contributed by atoms with Gasteiger partial charge in [0, 0.05) is 50.6 Å². The molecule has 1 aromatic carbocycles. The number of benzene rings is 1. The SMILES string of the molecule is CCCCN(CC)C(=O)c1cc(NS(C)(=O)=O)ccc1N1CCNCC1. The smallest absolute Gasteiger partial charge is 0.256 e. The molecule has 0 spiro atoms. The van der Waals surface area contributed by atoms with Gasteiger partial charge in [0.25, 0.3) is 5.91 Å². The Bertz CT molecular complexity index is 715. The largest absolute Gasteiger partial charge is 0.368 e. The quantitative estimate of drug-likeness (QED) is 0.716. The molecule has 26 heavy (non-hydrogen) atoms. The van der Waals surface area contributed by atoms with Crippen molar-refractivity contribution in [3.05, 3.63) is 23.8 Å². The first-order valence-corrected chi connectivity index (χ1v) is 11.1. The van der Waals surface area contributed by atoms with Crippen LogP contribution in [-0.4, -0.2) is 64.7 Å². The summed E-state index contributed by atoms with van der Waals surface area (Å²) >= 11 is 0. The molecule has 0 aliphatic carbocycles. The first-order valence-electron chi connectivity index (χ1n) is 9.22. The minimum absolute atomic E-state index is 0.0494. The standard InChI is InChI=1S/C18H30N4O3S/c1-4-6-11-21(5-2)18(23)16-14-15(20-26(3,24)25)7-8-17(16)22-12-9-19-10-13-22/h7-8,14,19-20H,4-6,9-13H2,1-3H3. The third-order valence-electron chi connectivity index (χ3n) is 4.44. The summed E-state index contributed by atoms with van der Waals surface area (Å²) < 4.78 is 25.6. The van der Waals surface area contributed by atoms with Crippen LogP contribution in [0, 0.1) is 0 Å². The van der Waals surface area contributed by atoms with E-state index >= 15 is 0 Å². The molecular weight excluding hydrogens is 352 g/mol. The molecule has 0 aromatic heterocycles. The first kappa shape index (κ1) is 20.5. The van der Waals surface area contributed by atoms with E-state index in [0.29, 0.717) is 24.3 Å². The summed E-state index contributed by atoms with van der Waals surface area (Å²) in [6.45, 7) is 8.77. The van der Waals surface area contributed by atoms with E-state index in [1.165, 1.54) is 0 Å². The van der Waals surface area contributed by atoms with Gasteiger partial charge >= 0.3 is 0 Å². The summed E-state index contributed by atoms with van der Waals surface area (Å²) in [5.74, 6) is -0.0494. The van der Waals surface area contributed by atoms with Crippen LogP contribution >= 0.6 is 0 Å². The van der Waals surface area contributed by atoms with Crippen molar-refractivity contribution in [2.45, 2.75) is 26.7 Å². The number of amides is 1. The number of anilines is 2. The number of carbonyl (C=O) groups excluding carboxylic acids is 1. The summed E-state index contributed by atoms with van der Waals surface area (Å²) in [6.07, 6.45) is 3.08. The molecule has 0 bridgehead atoms. The Morgan fingerprint density at radius 2 is 1.96 bits per heavy atom. The second-order valence-corrected chi connectivity index (χ2v) is 8.33. The Hall–Kier alpha value is -1.80. The van der Waals surface area contributed by atoms with E-state index in [4.69, 9.17) is 0 Å². The van der Waals surface area contributed by atoms with Crippen molar-refractivity contribution in [2.75, 3.05) is 55.1 Å². The zero-order valence-corrected chi connectivity index (χ0v) is 16.7. The van der Waals surface area contributed by atoms with Crippen molar-refractivity contribution in [3.63, 3.8) is 0 Å². The maximum absolute atomic E-state index is 13.2. The van der Waals surface area contributed by atoms with Gasteiger partial charge in [-0.3, -0.25) is 9.52 Å². The normalized spacial score (nSPS) is 15.0. The predicted molar refractivity (Wildman–Crippen MR) is 106 cm³/mol. The van der Waals surface area contributed by atoms with Crippen LogP contribution in [0.2, 0.25) is 0 Å². The highest BCUT2D eigenvalue weighted by atomic mass is 32.2. The Kier molecular flexibility index (Phi) is 7.28. The molecule has 0 saturated carbocycles. The third-order valence-corrected chi connectivity index (χ3v) is 5.04. The van der Waals surface area contributed by atoms with Crippen molar-refractivity contribution in [2.24, 2.45) is 0 Å². The van der Waals surface area contributed by atoms with Crippen LogP contribution in [0.3, 0.4) is 0 Å². The maximum Gasteiger partial charge on any atom is 0.256 e. The molecule has 1 fully saturated rings. The van der Waals surface area contributed by atoms with Crippen LogP contribution in [0.1, 0.15) is 37.0 Å². The lowest BCUT2D eigenvalue weighted by atomic mass is 10.1. The number of rotatable bonds is 8. The fourth-order valence-corrected chi connectivity index (χ4v) is 3.64. The molecule has 0 unspecified atom stereocenters. The van der Waals surface area contributed by atoms with Crippen LogP contribution < -0.4 is 14.9 Å². The topological polar surface area (TPSA) is 81.8 Å². The third kappa shape index (κ3) is 5.60. The van der Waals surface area contributed by atoms with Gasteiger partial charge in [0.05, 0.1) is 11.8 Å². The molecule has 0 radical (unpaired) electrons. The maximum atomic E-state index is 13.2. The molecule has 2 rings (SSSR count). The molecular formula is C18H30N4O3S. The monoisotopic (exact) mass is 382 g/mol. The number of nitrogens with zero attached hydrogens (tertiary/aromatic N) is 2. The second kappa shape index (κ2) is 9.23. The van der Waals surface area contributed by atoms with E-state index in [2.05, 4.69) is 21.9 Å². The lowest BCUT2D eigenvalue weighted by Gasteiger charge is -2.32. The highest BCUT2D eigenvalue weighted by Crippen LogP contribution is 2.27. The summed E-state index contributed by atoms with van der Waals surface area (Å²) in [5.41, 5.74) is 1.84. The highest BCUT2D eigenvalue weighted by Gasteiger charge is 2.22. The van der Waals surface area contributed by atoms with Crippen molar-refractivity contribution < 1.29 is 13.2 Å². The average molecular weight is 383 g/mol. The summed E-state index contributed by atoms with van der Waals surface area (Å²) in [5, 5.41) is 3.31. The van der Waals surface area contributed by atoms with Gasteiger partial charge in [0.1, 0.15) is 0 Å². The van der Waals surface area contributed by atoms with E-state index in [0.717, 1.165) is 51.0 Å². The molecule has 8 heteroatoms. The number of sulfonamides is 1. The zero-order valence-electron chi connectivity index (χ0n) is 15.9. The second-order valence-electron chi connectivity index (χ2n) is 6.58. The van der Waals surface area contributed by atoms with Crippen molar-refractivity contribution in [3.8, 4) is 0 Å². The average Bonchev–Trinajstić information content (AvgIpc) is 2.61. The minimum atomic E-state index is -3.40. The van der Waals surface area contributed by atoms with Crippen LogP contribution in [0.4, 0.5) is 11.4 Å². The Morgan fingerprint density at radius 3 is 2.54 bits per heavy atom. The molecule has 1 amide bonds. The van der Waals surface area contributed by atoms with Gasteiger partial charge in [-0.2, -0.15) is 0 Å². The number of unbranched alkanes of at least 4 members (excludes halogenated alkanes) is 1. The highest BCUT2D eigenvalue weighted by molar-refractivity contribution is 7.92. The zero-order chi connectivity index (χ0) is 19.2. The molecule has 7 nitrogen and oxygen atoms in total.